The lowest BCUT2D eigenvalue weighted by molar-refractivity contribution is -0.130. The number of halogens is 2. The molecule has 1 aliphatic heterocycles. The number of amides is 1. The first kappa shape index (κ1) is 20.3. The lowest BCUT2D eigenvalue weighted by Crippen LogP contribution is -2.33. The zero-order valence-corrected chi connectivity index (χ0v) is 17.8. The Morgan fingerprint density at radius 3 is 2.68 bits per heavy atom. The Balaban J connectivity index is 1.91. The lowest BCUT2D eigenvalue weighted by Gasteiger charge is -2.33. The molecule has 1 heterocycles. The van der Waals surface area contributed by atoms with Gasteiger partial charge in [-0.15, -0.1) is 0 Å². The maximum Gasteiger partial charge on any atom is 0.231 e. The topological polar surface area (TPSA) is 29.5 Å². The minimum absolute atomic E-state index is 0.0210. The van der Waals surface area contributed by atoms with Gasteiger partial charge in [0.15, 0.2) is 0 Å². The number of aryl methyl sites for hydroxylation is 1. The third-order valence-corrected chi connectivity index (χ3v) is 5.77. The number of rotatable bonds is 4. The van der Waals surface area contributed by atoms with Gasteiger partial charge in [-0.05, 0) is 72.9 Å². The average molecular weight is 444 g/mol. The highest BCUT2D eigenvalue weighted by atomic mass is 79.9. The summed E-state index contributed by atoms with van der Waals surface area (Å²) in [5.41, 5.74) is 3.94. The van der Waals surface area contributed by atoms with Gasteiger partial charge in [-0.2, -0.15) is 0 Å². The molecule has 1 amide bonds. The predicted molar refractivity (Wildman–Crippen MR) is 113 cm³/mol. The first-order valence-electron chi connectivity index (χ1n) is 9.16. The molecule has 0 aliphatic carbocycles. The Kier molecular flexibility index (Phi) is 6.35. The van der Waals surface area contributed by atoms with Crippen molar-refractivity contribution in [2.45, 2.75) is 32.7 Å². The molecule has 1 atom stereocenters. The molecule has 0 saturated carbocycles. The van der Waals surface area contributed by atoms with Crippen LogP contribution in [-0.2, 0) is 11.2 Å². The van der Waals surface area contributed by atoms with E-state index in [2.05, 4.69) is 15.9 Å². The zero-order chi connectivity index (χ0) is 20.3. The molecule has 1 unspecified atom stereocenters. The molecule has 28 heavy (non-hydrogen) atoms. The fraction of sp³-hybridized carbons (Fsp3) is 0.261. The second kappa shape index (κ2) is 8.74. The second-order valence-electron chi connectivity index (χ2n) is 6.84. The number of allylic oxidation sites excluding steroid dienone is 2. The molecule has 3 rings (SSSR count). The van der Waals surface area contributed by atoms with Crippen LogP contribution in [0.15, 0.2) is 64.8 Å². The standard InChI is InChI=1S/C23H23BrFNO2/c1-4-16-9-10-26(21(12-16)17-5-7-19(25)8-6-17)23(27)14-18-13-22(28-3)15(2)11-20(18)24/h4-11,13,21H,12,14H2,1-3H3/b16-4+. The van der Waals surface area contributed by atoms with Gasteiger partial charge in [-0.25, -0.2) is 4.39 Å². The number of methoxy groups -OCH3 is 1. The molecule has 0 aromatic heterocycles. The van der Waals surface area contributed by atoms with Gasteiger partial charge in [0, 0.05) is 10.7 Å². The molecule has 0 radical (unpaired) electrons. The van der Waals surface area contributed by atoms with Crippen molar-refractivity contribution in [3.05, 3.63) is 87.3 Å². The third kappa shape index (κ3) is 4.36. The Hall–Kier alpha value is -2.40. The minimum Gasteiger partial charge on any atom is -0.496 e. The van der Waals surface area contributed by atoms with Crippen LogP contribution in [0.25, 0.3) is 0 Å². The predicted octanol–water partition coefficient (Wildman–Crippen LogP) is 5.88. The molecule has 146 valence electrons. The van der Waals surface area contributed by atoms with Crippen molar-refractivity contribution in [2.75, 3.05) is 7.11 Å². The first-order chi connectivity index (χ1) is 13.4. The summed E-state index contributed by atoms with van der Waals surface area (Å²) in [6.07, 6.45) is 6.76. The SMILES string of the molecule is C/C=C1\C=CN(C(=O)Cc2cc(OC)c(C)cc2Br)C(c2ccc(F)cc2)C1. The van der Waals surface area contributed by atoms with Crippen molar-refractivity contribution in [3.8, 4) is 5.75 Å². The van der Waals surface area contributed by atoms with Gasteiger partial charge in [-0.3, -0.25) is 4.79 Å². The summed E-state index contributed by atoms with van der Waals surface area (Å²) in [6, 6.07) is 10.1. The second-order valence-corrected chi connectivity index (χ2v) is 7.70. The molecular formula is C23H23BrFNO2. The Morgan fingerprint density at radius 1 is 1.32 bits per heavy atom. The molecule has 0 fully saturated rings. The largest absolute Gasteiger partial charge is 0.496 e. The van der Waals surface area contributed by atoms with Crippen LogP contribution in [0.3, 0.4) is 0 Å². The van der Waals surface area contributed by atoms with Crippen LogP contribution in [0.4, 0.5) is 4.39 Å². The molecule has 5 heteroatoms. The van der Waals surface area contributed by atoms with E-state index in [9.17, 15) is 9.18 Å². The van der Waals surface area contributed by atoms with Crippen LogP contribution in [0, 0.1) is 12.7 Å². The van der Waals surface area contributed by atoms with E-state index in [0.29, 0.717) is 6.42 Å². The summed E-state index contributed by atoms with van der Waals surface area (Å²) in [4.78, 5) is 14.9. The highest BCUT2D eigenvalue weighted by Crippen LogP contribution is 2.34. The van der Waals surface area contributed by atoms with Crippen molar-refractivity contribution in [2.24, 2.45) is 0 Å². The van der Waals surface area contributed by atoms with Crippen LogP contribution < -0.4 is 4.74 Å². The normalized spacial score (nSPS) is 17.8. The minimum atomic E-state index is -0.282. The fourth-order valence-electron chi connectivity index (χ4n) is 3.41. The van der Waals surface area contributed by atoms with Crippen LogP contribution in [-0.4, -0.2) is 17.9 Å². The van der Waals surface area contributed by atoms with Crippen molar-refractivity contribution < 1.29 is 13.9 Å². The monoisotopic (exact) mass is 443 g/mol. The number of carbonyl (C=O) groups excluding carboxylic acids is 1. The van der Waals surface area contributed by atoms with Gasteiger partial charge in [-0.1, -0.05) is 34.1 Å². The number of carbonyl (C=O) groups is 1. The summed E-state index contributed by atoms with van der Waals surface area (Å²) in [6.45, 7) is 3.94. The van der Waals surface area contributed by atoms with Gasteiger partial charge in [0.1, 0.15) is 11.6 Å². The van der Waals surface area contributed by atoms with E-state index in [4.69, 9.17) is 4.74 Å². The van der Waals surface area contributed by atoms with Crippen molar-refractivity contribution in [1.29, 1.82) is 0 Å². The van der Waals surface area contributed by atoms with Crippen LogP contribution >= 0.6 is 15.9 Å². The first-order valence-corrected chi connectivity index (χ1v) is 9.95. The van der Waals surface area contributed by atoms with Crippen molar-refractivity contribution in [3.63, 3.8) is 0 Å². The maximum absolute atomic E-state index is 13.4. The zero-order valence-electron chi connectivity index (χ0n) is 16.2. The molecule has 3 nitrogen and oxygen atoms in total. The molecule has 0 N–H and O–H groups in total. The highest BCUT2D eigenvalue weighted by molar-refractivity contribution is 9.10. The smallest absolute Gasteiger partial charge is 0.231 e. The molecular weight excluding hydrogens is 421 g/mol. The molecule has 0 bridgehead atoms. The third-order valence-electron chi connectivity index (χ3n) is 5.03. The number of benzene rings is 2. The Bertz CT molecular complexity index is 934. The maximum atomic E-state index is 13.4. The summed E-state index contributed by atoms with van der Waals surface area (Å²) in [7, 11) is 1.62. The lowest BCUT2D eigenvalue weighted by atomic mass is 9.94. The van der Waals surface area contributed by atoms with Gasteiger partial charge in [0.05, 0.1) is 19.6 Å². The Labute approximate surface area is 173 Å². The highest BCUT2D eigenvalue weighted by Gasteiger charge is 2.27. The summed E-state index contributed by atoms with van der Waals surface area (Å²) >= 11 is 3.56. The Morgan fingerprint density at radius 2 is 2.04 bits per heavy atom. The van der Waals surface area contributed by atoms with Crippen molar-refractivity contribution in [1.82, 2.24) is 4.90 Å². The average Bonchev–Trinajstić information content (AvgIpc) is 2.70. The summed E-state index contributed by atoms with van der Waals surface area (Å²) in [5.74, 6) is 0.453. The van der Waals surface area contributed by atoms with E-state index >= 15 is 0 Å². The van der Waals surface area contributed by atoms with Gasteiger partial charge in [0.25, 0.3) is 0 Å². The number of nitrogens with zero attached hydrogens (tertiary/aromatic N) is 1. The van der Waals surface area contributed by atoms with E-state index in [0.717, 1.165) is 32.5 Å². The van der Waals surface area contributed by atoms with E-state index in [1.54, 1.807) is 24.1 Å². The van der Waals surface area contributed by atoms with Crippen LogP contribution in [0.1, 0.15) is 36.1 Å². The van der Waals surface area contributed by atoms with E-state index < -0.39 is 0 Å². The van der Waals surface area contributed by atoms with Gasteiger partial charge >= 0.3 is 0 Å². The molecule has 0 saturated heterocycles. The number of hydrogen-bond donors (Lipinski definition) is 0. The van der Waals surface area contributed by atoms with Gasteiger partial charge < -0.3 is 9.64 Å². The van der Waals surface area contributed by atoms with E-state index in [-0.39, 0.29) is 24.2 Å². The van der Waals surface area contributed by atoms with Crippen molar-refractivity contribution >= 4 is 21.8 Å². The fourth-order valence-corrected chi connectivity index (χ4v) is 4.01. The number of ether oxygens (including phenoxy) is 1. The van der Waals surface area contributed by atoms with Gasteiger partial charge in [0.2, 0.25) is 5.91 Å². The van der Waals surface area contributed by atoms with E-state index in [1.807, 2.05) is 44.3 Å². The molecule has 2 aromatic rings. The molecule has 0 spiro atoms. The summed E-state index contributed by atoms with van der Waals surface area (Å²) in [5, 5.41) is 0. The quantitative estimate of drug-likeness (QED) is 0.590. The molecule has 1 aliphatic rings. The van der Waals surface area contributed by atoms with Crippen LogP contribution in [0.5, 0.6) is 5.75 Å². The van der Waals surface area contributed by atoms with E-state index in [1.165, 1.54) is 12.1 Å². The van der Waals surface area contributed by atoms with Crippen LogP contribution in [0.2, 0.25) is 0 Å². The number of hydrogen-bond acceptors (Lipinski definition) is 2. The molecule has 2 aromatic carbocycles. The summed E-state index contributed by atoms with van der Waals surface area (Å²) < 4.78 is 19.6.